The molecule has 1 rings (SSSR count). The van der Waals surface area contributed by atoms with E-state index in [9.17, 15) is 13.9 Å². The SMILES string of the molecule is C=CC(C)C(F)(F)C(O)C(N)Cc1ccccc1. The highest BCUT2D eigenvalue weighted by Gasteiger charge is 2.45. The number of hydrogen-bond donors (Lipinski definition) is 2. The van der Waals surface area contributed by atoms with Crippen LogP contribution in [0.25, 0.3) is 0 Å². The van der Waals surface area contributed by atoms with Crippen LogP contribution in [-0.2, 0) is 6.42 Å². The number of halogens is 2. The fourth-order valence-electron chi connectivity index (χ4n) is 1.71. The molecule has 0 bridgehead atoms. The summed E-state index contributed by atoms with van der Waals surface area (Å²) in [6, 6.07) is 8.02. The molecule has 0 saturated carbocycles. The second-order valence-electron chi connectivity index (χ2n) is 4.50. The number of aliphatic hydroxyl groups excluding tert-OH is 1. The second-order valence-corrected chi connectivity index (χ2v) is 4.50. The Morgan fingerprint density at radius 1 is 1.39 bits per heavy atom. The van der Waals surface area contributed by atoms with Gasteiger partial charge in [0.15, 0.2) is 0 Å². The second kappa shape index (κ2) is 6.07. The molecule has 3 unspecified atom stereocenters. The summed E-state index contributed by atoms with van der Waals surface area (Å²) in [7, 11) is 0. The number of alkyl halides is 2. The van der Waals surface area contributed by atoms with Crippen molar-refractivity contribution in [1.82, 2.24) is 0 Å². The summed E-state index contributed by atoms with van der Waals surface area (Å²) >= 11 is 0. The number of nitrogens with two attached hydrogens (primary N) is 1. The lowest BCUT2D eigenvalue weighted by Gasteiger charge is -2.30. The number of benzene rings is 1. The van der Waals surface area contributed by atoms with Crippen LogP contribution in [0.2, 0.25) is 0 Å². The minimum Gasteiger partial charge on any atom is -0.385 e. The molecule has 4 heteroatoms. The Labute approximate surface area is 106 Å². The molecule has 1 aromatic carbocycles. The number of hydrogen-bond acceptors (Lipinski definition) is 2. The zero-order valence-corrected chi connectivity index (χ0v) is 10.4. The summed E-state index contributed by atoms with van der Waals surface area (Å²) in [4.78, 5) is 0. The van der Waals surface area contributed by atoms with Crippen molar-refractivity contribution in [2.45, 2.75) is 31.4 Å². The molecule has 0 amide bonds. The van der Waals surface area contributed by atoms with Crippen molar-refractivity contribution in [2.75, 3.05) is 0 Å². The van der Waals surface area contributed by atoms with E-state index in [-0.39, 0.29) is 6.42 Å². The Bertz CT molecular complexity index is 381. The maximum absolute atomic E-state index is 13.8. The Morgan fingerprint density at radius 2 is 1.94 bits per heavy atom. The van der Waals surface area contributed by atoms with E-state index in [2.05, 4.69) is 6.58 Å². The van der Waals surface area contributed by atoms with Gasteiger partial charge in [-0.2, -0.15) is 0 Å². The van der Waals surface area contributed by atoms with Crippen LogP contribution >= 0.6 is 0 Å². The highest BCUT2D eigenvalue weighted by molar-refractivity contribution is 5.16. The number of aliphatic hydroxyl groups is 1. The minimum atomic E-state index is -3.27. The summed E-state index contributed by atoms with van der Waals surface area (Å²) in [5, 5.41) is 9.69. The van der Waals surface area contributed by atoms with Gasteiger partial charge in [0, 0.05) is 12.0 Å². The molecular formula is C14H19F2NO. The van der Waals surface area contributed by atoms with Crippen molar-refractivity contribution in [3.63, 3.8) is 0 Å². The summed E-state index contributed by atoms with van der Waals surface area (Å²) in [5.41, 5.74) is 6.49. The van der Waals surface area contributed by atoms with Gasteiger partial charge >= 0.3 is 0 Å². The molecule has 0 radical (unpaired) electrons. The first-order valence-corrected chi connectivity index (χ1v) is 5.87. The van der Waals surface area contributed by atoms with Crippen molar-refractivity contribution in [3.8, 4) is 0 Å². The van der Waals surface area contributed by atoms with E-state index < -0.39 is 24.0 Å². The molecule has 0 heterocycles. The number of rotatable bonds is 6. The Kier molecular flexibility index (Phi) is 4.99. The van der Waals surface area contributed by atoms with Gasteiger partial charge < -0.3 is 10.8 Å². The van der Waals surface area contributed by atoms with Gasteiger partial charge in [-0.05, 0) is 12.0 Å². The lowest BCUT2D eigenvalue weighted by Crippen LogP contribution is -2.51. The van der Waals surface area contributed by atoms with Gasteiger partial charge in [-0.3, -0.25) is 0 Å². The fourth-order valence-corrected chi connectivity index (χ4v) is 1.71. The lowest BCUT2D eigenvalue weighted by molar-refractivity contribution is -0.139. The molecule has 1 aromatic rings. The van der Waals surface area contributed by atoms with Crippen LogP contribution in [0.3, 0.4) is 0 Å². The van der Waals surface area contributed by atoms with Crippen molar-refractivity contribution >= 4 is 0 Å². The third-order valence-electron chi connectivity index (χ3n) is 3.07. The van der Waals surface area contributed by atoms with Crippen LogP contribution in [0.4, 0.5) is 8.78 Å². The van der Waals surface area contributed by atoms with Crippen molar-refractivity contribution in [3.05, 3.63) is 48.6 Å². The third kappa shape index (κ3) is 3.37. The molecule has 3 atom stereocenters. The smallest absolute Gasteiger partial charge is 0.280 e. The molecule has 0 spiro atoms. The summed E-state index contributed by atoms with van der Waals surface area (Å²) in [5.74, 6) is -4.38. The molecule has 0 aliphatic carbocycles. The van der Waals surface area contributed by atoms with E-state index in [1.165, 1.54) is 6.92 Å². The van der Waals surface area contributed by atoms with Crippen LogP contribution in [0, 0.1) is 5.92 Å². The standard InChI is InChI=1S/C14H19F2NO/c1-3-10(2)14(15,16)13(18)12(17)9-11-7-5-4-6-8-11/h3-8,10,12-13,18H,1,9,17H2,2H3. The van der Waals surface area contributed by atoms with Gasteiger partial charge in [0.05, 0.1) is 0 Å². The lowest BCUT2D eigenvalue weighted by atomic mass is 9.91. The van der Waals surface area contributed by atoms with Crippen LogP contribution in [0.5, 0.6) is 0 Å². The molecule has 0 aromatic heterocycles. The first kappa shape index (κ1) is 14.8. The first-order chi connectivity index (χ1) is 8.39. The zero-order chi connectivity index (χ0) is 13.8. The average Bonchev–Trinajstić information content (AvgIpc) is 2.37. The predicted molar refractivity (Wildman–Crippen MR) is 68.4 cm³/mol. The largest absolute Gasteiger partial charge is 0.385 e. The van der Waals surface area contributed by atoms with E-state index in [0.717, 1.165) is 11.6 Å². The maximum Gasteiger partial charge on any atom is 0.280 e. The normalized spacial score (nSPS) is 16.9. The van der Waals surface area contributed by atoms with Crippen LogP contribution in [-0.4, -0.2) is 23.2 Å². The van der Waals surface area contributed by atoms with Crippen LogP contribution in [0.1, 0.15) is 12.5 Å². The van der Waals surface area contributed by atoms with Crippen molar-refractivity contribution in [2.24, 2.45) is 11.7 Å². The van der Waals surface area contributed by atoms with E-state index in [1.54, 1.807) is 24.3 Å². The van der Waals surface area contributed by atoms with Crippen LogP contribution < -0.4 is 5.73 Å². The van der Waals surface area contributed by atoms with E-state index in [0.29, 0.717) is 0 Å². The molecule has 2 nitrogen and oxygen atoms in total. The molecule has 100 valence electrons. The third-order valence-corrected chi connectivity index (χ3v) is 3.07. The molecule has 0 aliphatic rings. The zero-order valence-electron chi connectivity index (χ0n) is 10.4. The van der Waals surface area contributed by atoms with Crippen molar-refractivity contribution in [1.29, 1.82) is 0 Å². The molecule has 0 fully saturated rings. The van der Waals surface area contributed by atoms with Gasteiger partial charge in [-0.25, -0.2) is 8.78 Å². The van der Waals surface area contributed by atoms with E-state index in [4.69, 9.17) is 5.73 Å². The summed E-state index contributed by atoms with van der Waals surface area (Å²) in [6.07, 6.45) is -0.550. The van der Waals surface area contributed by atoms with Crippen molar-refractivity contribution < 1.29 is 13.9 Å². The topological polar surface area (TPSA) is 46.2 Å². The minimum absolute atomic E-state index is 0.210. The predicted octanol–water partition coefficient (Wildman–Crippen LogP) is 2.37. The Balaban J connectivity index is 2.72. The quantitative estimate of drug-likeness (QED) is 0.767. The van der Waals surface area contributed by atoms with E-state index in [1.807, 2.05) is 6.07 Å². The van der Waals surface area contributed by atoms with Gasteiger partial charge in [0.2, 0.25) is 0 Å². The molecule has 18 heavy (non-hydrogen) atoms. The monoisotopic (exact) mass is 255 g/mol. The Hall–Kier alpha value is -1.26. The molecule has 0 aliphatic heterocycles. The highest BCUT2D eigenvalue weighted by Crippen LogP contribution is 2.31. The average molecular weight is 255 g/mol. The highest BCUT2D eigenvalue weighted by atomic mass is 19.3. The maximum atomic E-state index is 13.8. The van der Waals surface area contributed by atoms with Gasteiger partial charge in [-0.15, -0.1) is 6.58 Å². The Morgan fingerprint density at radius 3 is 2.44 bits per heavy atom. The summed E-state index contributed by atoms with van der Waals surface area (Å²) < 4.78 is 27.5. The van der Waals surface area contributed by atoms with Crippen LogP contribution in [0.15, 0.2) is 43.0 Å². The molecular weight excluding hydrogens is 236 g/mol. The fraction of sp³-hybridized carbons (Fsp3) is 0.429. The first-order valence-electron chi connectivity index (χ1n) is 5.87. The van der Waals surface area contributed by atoms with Gasteiger partial charge in [0.1, 0.15) is 6.10 Å². The van der Waals surface area contributed by atoms with E-state index >= 15 is 0 Å². The molecule has 0 saturated heterocycles. The summed E-state index contributed by atoms with van der Waals surface area (Å²) in [6.45, 7) is 4.63. The number of allylic oxidation sites excluding steroid dienone is 1. The van der Waals surface area contributed by atoms with Gasteiger partial charge in [-0.1, -0.05) is 43.3 Å². The van der Waals surface area contributed by atoms with Gasteiger partial charge in [0.25, 0.3) is 5.92 Å². The molecule has 3 N–H and O–H groups in total.